The van der Waals surface area contributed by atoms with E-state index in [1.807, 2.05) is 0 Å². The maximum atomic E-state index is 11.6. The second-order valence-corrected chi connectivity index (χ2v) is 6.47. The molecule has 1 aliphatic rings. The molecule has 1 aliphatic heterocycles. The van der Waals surface area contributed by atoms with Crippen molar-refractivity contribution in [1.82, 2.24) is 15.3 Å². The Morgan fingerprint density at radius 3 is 3.00 bits per heavy atom. The van der Waals surface area contributed by atoms with Gasteiger partial charge in [-0.05, 0) is 12.8 Å². The largest absolute Gasteiger partial charge is 0.352 e. The molecule has 0 radical (unpaired) electrons. The minimum Gasteiger partial charge on any atom is -0.352 e. The average Bonchev–Trinajstić information content (AvgIpc) is 2.85. The Bertz CT molecular complexity index is 481. The molecule has 2 rings (SSSR count). The smallest absolute Gasteiger partial charge is 0.220 e. The molecule has 0 aliphatic carbocycles. The molecule has 1 fully saturated rings. The number of aromatic nitrogens is 2. The van der Waals surface area contributed by atoms with Gasteiger partial charge in [0.15, 0.2) is 9.84 Å². The highest BCUT2D eigenvalue weighted by atomic mass is 32.2. The maximum Gasteiger partial charge on any atom is 0.220 e. The Kier molecular flexibility index (Phi) is 3.46. The highest BCUT2D eigenvalue weighted by molar-refractivity contribution is 7.91. The van der Waals surface area contributed by atoms with Crippen molar-refractivity contribution >= 4 is 15.7 Å². The number of carbonyl (C=O) groups is 1. The third-order valence-corrected chi connectivity index (χ3v) is 4.54. The number of carbonyl (C=O) groups excluding carboxylic acids is 1. The van der Waals surface area contributed by atoms with Gasteiger partial charge in [0.05, 0.1) is 17.8 Å². The molecule has 94 valence electrons. The van der Waals surface area contributed by atoms with Crippen LogP contribution in [0.5, 0.6) is 0 Å². The summed E-state index contributed by atoms with van der Waals surface area (Å²) in [6.07, 6.45) is 4.70. The lowest BCUT2D eigenvalue weighted by Crippen LogP contribution is -2.35. The predicted octanol–water partition coefficient (Wildman–Crippen LogP) is -0.354. The van der Waals surface area contributed by atoms with Crippen molar-refractivity contribution in [2.24, 2.45) is 0 Å². The van der Waals surface area contributed by atoms with Crippen molar-refractivity contribution < 1.29 is 13.2 Å². The average molecular weight is 257 g/mol. The van der Waals surface area contributed by atoms with Crippen LogP contribution < -0.4 is 5.32 Å². The first-order valence-electron chi connectivity index (χ1n) is 5.52. The van der Waals surface area contributed by atoms with E-state index >= 15 is 0 Å². The molecule has 2 N–H and O–H groups in total. The molecular weight excluding hydrogens is 242 g/mol. The van der Waals surface area contributed by atoms with E-state index in [0.717, 1.165) is 5.69 Å². The minimum absolute atomic E-state index is 0.0722. The Hall–Kier alpha value is -1.37. The number of nitrogens with one attached hydrogen (secondary N) is 2. The third-order valence-electron chi connectivity index (χ3n) is 2.77. The van der Waals surface area contributed by atoms with E-state index in [2.05, 4.69) is 15.3 Å². The first kappa shape index (κ1) is 12.1. The molecule has 1 atom stereocenters. The SMILES string of the molecule is O=C(CCc1cnc[nH]1)NC1CCS(=O)(=O)C1. The molecule has 17 heavy (non-hydrogen) atoms. The summed E-state index contributed by atoms with van der Waals surface area (Å²) in [5, 5.41) is 2.74. The van der Waals surface area contributed by atoms with Crippen LogP contribution in [0.1, 0.15) is 18.5 Å². The number of nitrogens with zero attached hydrogens (tertiary/aromatic N) is 1. The zero-order chi connectivity index (χ0) is 12.3. The molecule has 1 unspecified atom stereocenters. The number of hydrogen-bond donors (Lipinski definition) is 2. The van der Waals surface area contributed by atoms with Crippen LogP contribution in [-0.4, -0.2) is 41.8 Å². The number of H-pyrrole nitrogens is 1. The number of aryl methyl sites for hydroxylation is 1. The zero-order valence-electron chi connectivity index (χ0n) is 9.35. The molecule has 0 aromatic carbocycles. The standard InChI is InChI=1S/C10H15N3O3S/c14-10(2-1-8-5-11-7-12-8)13-9-3-4-17(15,16)6-9/h5,7,9H,1-4,6H2,(H,11,12)(H,13,14). The van der Waals surface area contributed by atoms with Gasteiger partial charge in [-0.1, -0.05) is 0 Å². The normalized spacial score (nSPS) is 22.5. The van der Waals surface area contributed by atoms with Crippen LogP contribution >= 0.6 is 0 Å². The quantitative estimate of drug-likeness (QED) is 0.771. The van der Waals surface area contributed by atoms with E-state index in [-0.39, 0.29) is 23.5 Å². The van der Waals surface area contributed by atoms with Gasteiger partial charge in [-0.2, -0.15) is 0 Å². The molecule has 6 nitrogen and oxygen atoms in total. The summed E-state index contributed by atoms with van der Waals surface area (Å²) in [5.41, 5.74) is 0.902. The van der Waals surface area contributed by atoms with Crippen molar-refractivity contribution in [3.8, 4) is 0 Å². The van der Waals surface area contributed by atoms with Gasteiger partial charge < -0.3 is 10.3 Å². The van der Waals surface area contributed by atoms with Crippen LogP contribution in [0.25, 0.3) is 0 Å². The lowest BCUT2D eigenvalue weighted by atomic mass is 10.2. The van der Waals surface area contributed by atoms with Crippen LogP contribution in [-0.2, 0) is 21.1 Å². The van der Waals surface area contributed by atoms with E-state index in [0.29, 0.717) is 19.3 Å². The molecule has 2 heterocycles. The topological polar surface area (TPSA) is 91.9 Å². The summed E-state index contributed by atoms with van der Waals surface area (Å²) in [4.78, 5) is 18.3. The van der Waals surface area contributed by atoms with Crippen molar-refractivity contribution in [1.29, 1.82) is 0 Å². The van der Waals surface area contributed by atoms with Gasteiger partial charge in [-0.25, -0.2) is 13.4 Å². The molecule has 0 saturated carbocycles. The number of rotatable bonds is 4. The van der Waals surface area contributed by atoms with Gasteiger partial charge in [0.1, 0.15) is 0 Å². The summed E-state index contributed by atoms with van der Waals surface area (Å²) in [6.45, 7) is 0. The Labute approximate surface area is 99.7 Å². The van der Waals surface area contributed by atoms with Gasteiger partial charge in [0.25, 0.3) is 0 Å². The molecule has 1 saturated heterocycles. The van der Waals surface area contributed by atoms with E-state index in [4.69, 9.17) is 0 Å². The number of hydrogen-bond acceptors (Lipinski definition) is 4. The molecule has 0 bridgehead atoms. The molecule has 0 spiro atoms. The zero-order valence-corrected chi connectivity index (χ0v) is 10.2. The molecule has 1 aromatic heterocycles. The van der Waals surface area contributed by atoms with Gasteiger partial charge >= 0.3 is 0 Å². The number of aromatic amines is 1. The third kappa shape index (κ3) is 3.55. The van der Waals surface area contributed by atoms with Crippen molar-refractivity contribution in [3.05, 3.63) is 18.2 Å². The Morgan fingerprint density at radius 1 is 1.59 bits per heavy atom. The summed E-state index contributed by atoms with van der Waals surface area (Å²) in [6, 6.07) is -0.214. The monoisotopic (exact) mass is 257 g/mol. The number of amides is 1. The van der Waals surface area contributed by atoms with Crippen molar-refractivity contribution in [2.45, 2.75) is 25.3 Å². The predicted molar refractivity (Wildman–Crippen MR) is 62.1 cm³/mol. The van der Waals surface area contributed by atoms with Gasteiger partial charge in [-0.15, -0.1) is 0 Å². The Balaban J connectivity index is 1.75. The van der Waals surface area contributed by atoms with E-state index < -0.39 is 9.84 Å². The van der Waals surface area contributed by atoms with Gasteiger partial charge in [0.2, 0.25) is 5.91 Å². The van der Waals surface area contributed by atoms with Crippen LogP contribution in [0, 0.1) is 0 Å². The Morgan fingerprint density at radius 2 is 2.41 bits per heavy atom. The van der Waals surface area contributed by atoms with Crippen LogP contribution in [0.4, 0.5) is 0 Å². The lowest BCUT2D eigenvalue weighted by Gasteiger charge is -2.10. The molecule has 1 aromatic rings. The highest BCUT2D eigenvalue weighted by Gasteiger charge is 2.28. The lowest BCUT2D eigenvalue weighted by molar-refractivity contribution is -0.121. The number of imidazole rings is 1. The second kappa shape index (κ2) is 4.87. The van der Waals surface area contributed by atoms with Crippen LogP contribution in [0.3, 0.4) is 0 Å². The fourth-order valence-electron chi connectivity index (χ4n) is 1.88. The summed E-state index contributed by atoms with van der Waals surface area (Å²) in [7, 11) is -2.93. The van der Waals surface area contributed by atoms with Crippen LogP contribution in [0.2, 0.25) is 0 Å². The first-order valence-corrected chi connectivity index (χ1v) is 7.34. The van der Waals surface area contributed by atoms with E-state index in [1.165, 1.54) is 0 Å². The minimum atomic E-state index is -2.93. The fourth-order valence-corrected chi connectivity index (χ4v) is 3.55. The molecular formula is C10H15N3O3S. The van der Waals surface area contributed by atoms with E-state index in [9.17, 15) is 13.2 Å². The maximum absolute atomic E-state index is 11.6. The van der Waals surface area contributed by atoms with Crippen molar-refractivity contribution in [2.75, 3.05) is 11.5 Å². The fraction of sp³-hybridized carbons (Fsp3) is 0.600. The summed E-state index contributed by atoms with van der Waals surface area (Å²) < 4.78 is 22.4. The highest BCUT2D eigenvalue weighted by Crippen LogP contribution is 2.11. The number of sulfone groups is 1. The summed E-state index contributed by atoms with van der Waals surface area (Å²) in [5.74, 6) is 0.142. The summed E-state index contributed by atoms with van der Waals surface area (Å²) >= 11 is 0. The van der Waals surface area contributed by atoms with Gasteiger partial charge in [0, 0.05) is 24.4 Å². The first-order chi connectivity index (χ1) is 8.05. The van der Waals surface area contributed by atoms with Gasteiger partial charge in [-0.3, -0.25) is 4.79 Å². The molecule has 1 amide bonds. The van der Waals surface area contributed by atoms with E-state index in [1.54, 1.807) is 12.5 Å². The van der Waals surface area contributed by atoms with Crippen LogP contribution in [0.15, 0.2) is 12.5 Å². The van der Waals surface area contributed by atoms with Crippen molar-refractivity contribution in [3.63, 3.8) is 0 Å². The second-order valence-electron chi connectivity index (χ2n) is 4.24. The molecule has 7 heteroatoms.